The second-order valence-electron chi connectivity index (χ2n) is 4.55. The number of nitrogens with zero attached hydrogens (tertiary/aromatic N) is 1. The summed E-state index contributed by atoms with van der Waals surface area (Å²) in [4.78, 5) is 10.3. The molecule has 0 heterocycles. The van der Waals surface area contributed by atoms with E-state index in [1.807, 2.05) is 6.92 Å². The molecule has 2 rings (SSSR count). The van der Waals surface area contributed by atoms with Crippen LogP contribution in [0.15, 0.2) is 42.5 Å². The van der Waals surface area contributed by atoms with Gasteiger partial charge in [0.2, 0.25) is 5.75 Å². The van der Waals surface area contributed by atoms with Gasteiger partial charge in [0, 0.05) is 18.2 Å². The van der Waals surface area contributed by atoms with Crippen LogP contribution < -0.4 is 10.5 Å². The molecule has 0 saturated heterocycles. The number of ether oxygens (including phenoxy) is 1. The average Bonchev–Trinajstić information content (AvgIpc) is 2.47. The fourth-order valence-corrected chi connectivity index (χ4v) is 1.87. The molecule has 0 aromatic heterocycles. The van der Waals surface area contributed by atoms with Crippen molar-refractivity contribution < 1.29 is 14.1 Å². The van der Waals surface area contributed by atoms with Crippen molar-refractivity contribution in [2.75, 3.05) is 0 Å². The predicted octanol–water partition coefficient (Wildman–Crippen LogP) is 3.94. The second kappa shape index (κ2) is 6.32. The number of nitro groups is 1. The summed E-state index contributed by atoms with van der Waals surface area (Å²) < 4.78 is 18.6. The Labute approximate surface area is 121 Å². The van der Waals surface area contributed by atoms with Gasteiger partial charge in [0.25, 0.3) is 0 Å². The predicted molar refractivity (Wildman–Crippen MR) is 76.8 cm³/mol. The Bertz CT molecular complexity index is 644. The largest absolute Gasteiger partial charge is 0.450 e. The molecule has 2 aromatic carbocycles. The molecule has 2 N–H and O–H groups in total. The highest BCUT2D eigenvalue weighted by Crippen LogP contribution is 2.32. The van der Waals surface area contributed by atoms with Gasteiger partial charge in [-0.2, -0.15) is 0 Å². The number of hydrogen-bond donors (Lipinski definition) is 1. The maximum atomic E-state index is 13.2. The summed E-state index contributed by atoms with van der Waals surface area (Å²) in [6.07, 6.45) is 0.801. The van der Waals surface area contributed by atoms with Crippen molar-refractivity contribution in [3.63, 3.8) is 0 Å². The van der Waals surface area contributed by atoms with Gasteiger partial charge in [-0.05, 0) is 30.2 Å². The summed E-state index contributed by atoms with van der Waals surface area (Å²) in [7, 11) is 0. The number of benzene rings is 2. The first-order valence-corrected chi connectivity index (χ1v) is 6.48. The third-order valence-electron chi connectivity index (χ3n) is 3.09. The molecule has 0 spiro atoms. The third kappa shape index (κ3) is 3.55. The second-order valence-corrected chi connectivity index (χ2v) is 4.55. The number of halogens is 1. The topological polar surface area (TPSA) is 78.4 Å². The highest BCUT2D eigenvalue weighted by atomic mass is 19.1. The smallest absolute Gasteiger partial charge is 0.311 e. The van der Waals surface area contributed by atoms with Gasteiger partial charge in [0.15, 0.2) is 0 Å². The summed E-state index contributed by atoms with van der Waals surface area (Å²) in [5.41, 5.74) is 6.56. The molecule has 0 amide bonds. The van der Waals surface area contributed by atoms with Gasteiger partial charge in [0.05, 0.1) is 4.92 Å². The van der Waals surface area contributed by atoms with Crippen LogP contribution in [0.4, 0.5) is 10.1 Å². The average molecular weight is 290 g/mol. The highest BCUT2D eigenvalue weighted by Gasteiger charge is 2.16. The Morgan fingerprint density at radius 2 is 1.95 bits per heavy atom. The van der Waals surface area contributed by atoms with E-state index in [0.717, 1.165) is 30.2 Å². The van der Waals surface area contributed by atoms with Crippen LogP contribution in [-0.4, -0.2) is 4.92 Å². The van der Waals surface area contributed by atoms with Gasteiger partial charge in [-0.3, -0.25) is 10.1 Å². The summed E-state index contributed by atoms with van der Waals surface area (Å²) in [5, 5.41) is 10.9. The maximum absolute atomic E-state index is 13.2. The van der Waals surface area contributed by atoms with Crippen LogP contribution in [0.5, 0.6) is 11.5 Å². The van der Waals surface area contributed by atoms with Gasteiger partial charge in [-0.1, -0.05) is 19.1 Å². The SMILES string of the molecule is CC[C@@H](N)c1ccc(Oc2cc(F)ccc2[N+](=O)[O-])cc1. The van der Waals surface area contributed by atoms with E-state index in [2.05, 4.69) is 0 Å². The lowest BCUT2D eigenvalue weighted by molar-refractivity contribution is -0.385. The normalized spacial score (nSPS) is 12.0. The summed E-state index contributed by atoms with van der Waals surface area (Å²) in [6, 6.07) is 9.90. The lowest BCUT2D eigenvalue weighted by Gasteiger charge is -2.10. The minimum absolute atomic E-state index is 0.0671. The van der Waals surface area contributed by atoms with Gasteiger partial charge in [-0.25, -0.2) is 4.39 Å². The van der Waals surface area contributed by atoms with Crippen LogP contribution >= 0.6 is 0 Å². The molecule has 21 heavy (non-hydrogen) atoms. The lowest BCUT2D eigenvalue weighted by Crippen LogP contribution is -2.08. The molecular weight excluding hydrogens is 275 g/mol. The van der Waals surface area contributed by atoms with E-state index in [1.54, 1.807) is 24.3 Å². The molecule has 5 nitrogen and oxygen atoms in total. The zero-order valence-corrected chi connectivity index (χ0v) is 11.5. The van der Waals surface area contributed by atoms with E-state index in [4.69, 9.17) is 10.5 Å². The van der Waals surface area contributed by atoms with E-state index in [9.17, 15) is 14.5 Å². The highest BCUT2D eigenvalue weighted by molar-refractivity contribution is 5.48. The minimum Gasteiger partial charge on any atom is -0.450 e. The molecular formula is C15H15FN2O3. The van der Waals surface area contributed by atoms with Crippen LogP contribution in [-0.2, 0) is 0 Å². The maximum Gasteiger partial charge on any atom is 0.311 e. The van der Waals surface area contributed by atoms with E-state index < -0.39 is 10.7 Å². The molecule has 0 fully saturated rings. The molecule has 110 valence electrons. The van der Waals surface area contributed by atoms with Crippen molar-refractivity contribution in [3.05, 3.63) is 64.0 Å². The van der Waals surface area contributed by atoms with E-state index in [1.165, 1.54) is 0 Å². The van der Waals surface area contributed by atoms with Crippen LogP contribution in [0.25, 0.3) is 0 Å². The van der Waals surface area contributed by atoms with Crippen molar-refractivity contribution in [2.24, 2.45) is 5.73 Å². The Balaban J connectivity index is 2.26. The van der Waals surface area contributed by atoms with Crippen molar-refractivity contribution in [1.29, 1.82) is 0 Å². The Morgan fingerprint density at radius 1 is 1.29 bits per heavy atom. The molecule has 0 aliphatic heterocycles. The van der Waals surface area contributed by atoms with Crippen LogP contribution in [0.3, 0.4) is 0 Å². The molecule has 0 bridgehead atoms. The lowest BCUT2D eigenvalue weighted by atomic mass is 10.1. The number of hydrogen-bond acceptors (Lipinski definition) is 4. The van der Waals surface area contributed by atoms with Crippen molar-refractivity contribution in [2.45, 2.75) is 19.4 Å². The third-order valence-corrected chi connectivity index (χ3v) is 3.09. The first-order chi connectivity index (χ1) is 10.0. The van der Waals surface area contributed by atoms with Crippen LogP contribution in [0.1, 0.15) is 24.9 Å². The zero-order valence-electron chi connectivity index (χ0n) is 11.5. The molecule has 0 unspecified atom stereocenters. The standard InChI is InChI=1S/C15H15FN2O3/c1-2-13(17)10-3-6-12(7-4-10)21-15-9-11(16)5-8-14(15)18(19)20/h3-9,13H,2,17H2,1H3/t13-/m1/s1. The first kappa shape index (κ1) is 14.9. The van der Waals surface area contributed by atoms with Gasteiger partial charge >= 0.3 is 5.69 Å². The van der Waals surface area contributed by atoms with Crippen molar-refractivity contribution >= 4 is 5.69 Å². The van der Waals surface area contributed by atoms with E-state index in [0.29, 0.717) is 5.75 Å². The van der Waals surface area contributed by atoms with E-state index in [-0.39, 0.29) is 17.5 Å². The van der Waals surface area contributed by atoms with Crippen LogP contribution in [0.2, 0.25) is 0 Å². The van der Waals surface area contributed by atoms with Gasteiger partial charge in [-0.15, -0.1) is 0 Å². The monoisotopic (exact) mass is 290 g/mol. The van der Waals surface area contributed by atoms with Crippen molar-refractivity contribution in [3.8, 4) is 11.5 Å². The molecule has 1 atom stereocenters. The fraction of sp³-hybridized carbons (Fsp3) is 0.200. The van der Waals surface area contributed by atoms with Gasteiger partial charge < -0.3 is 10.5 Å². The Kier molecular flexibility index (Phi) is 4.49. The Hall–Kier alpha value is -2.47. The van der Waals surface area contributed by atoms with Crippen LogP contribution in [0, 0.1) is 15.9 Å². The van der Waals surface area contributed by atoms with Gasteiger partial charge in [0.1, 0.15) is 11.6 Å². The number of nitro benzene ring substituents is 1. The number of nitrogens with two attached hydrogens (primary N) is 1. The van der Waals surface area contributed by atoms with Crippen molar-refractivity contribution in [1.82, 2.24) is 0 Å². The summed E-state index contributed by atoms with van der Waals surface area (Å²) >= 11 is 0. The van der Waals surface area contributed by atoms with E-state index >= 15 is 0 Å². The fourth-order valence-electron chi connectivity index (χ4n) is 1.87. The quantitative estimate of drug-likeness (QED) is 0.668. The number of rotatable bonds is 5. The molecule has 0 aliphatic carbocycles. The summed E-state index contributed by atoms with van der Waals surface area (Å²) in [5.74, 6) is -0.344. The first-order valence-electron chi connectivity index (χ1n) is 6.48. The minimum atomic E-state index is -0.615. The Morgan fingerprint density at radius 3 is 2.52 bits per heavy atom. The molecule has 0 aliphatic rings. The molecule has 0 saturated carbocycles. The summed E-state index contributed by atoms with van der Waals surface area (Å²) in [6.45, 7) is 1.98. The zero-order chi connectivity index (χ0) is 15.4. The molecule has 2 aromatic rings. The molecule has 6 heteroatoms. The molecule has 0 radical (unpaired) electrons.